The van der Waals surface area contributed by atoms with Crippen molar-refractivity contribution >= 4 is 34.9 Å². The van der Waals surface area contributed by atoms with Crippen LogP contribution < -0.4 is 4.74 Å². The minimum Gasteiger partial charge on any atom is -0.489 e. The van der Waals surface area contributed by atoms with Crippen LogP contribution in [-0.4, -0.2) is 28.8 Å². The Morgan fingerprint density at radius 1 is 1.38 bits per heavy atom. The van der Waals surface area contributed by atoms with Crippen molar-refractivity contribution in [2.24, 2.45) is 5.92 Å². The van der Waals surface area contributed by atoms with Gasteiger partial charge in [-0.1, -0.05) is 23.2 Å². The number of aliphatic carboxylic acids is 1. The van der Waals surface area contributed by atoms with Gasteiger partial charge >= 0.3 is 12.1 Å². The van der Waals surface area contributed by atoms with Gasteiger partial charge in [-0.05, 0) is 0 Å². The fourth-order valence-electron chi connectivity index (χ4n) is 1.26. The monoisotopic (exact) mass is 347 g/mol. The van der Waals surface area contributed by atoms with Gasteiger partial charge in [0.05, 0.1) is 15.0 Å². The molecule has 0 saturated heterocycles. The molecule has 0 saturated carbocycles. The SMILES string of the molecule is O=C(O)C(COc1c(Cl)cc([N+](=O)[O-])cc1Cl)C(F)(F)F. The van der Waals surface area contributed by atoms with Crippen LogP contribution in [0.2, 0.25) is 10.0 Å². The number of carbonyl (C=O) groups is 1. The van der Waals surface area contributed by atoms with Crippen molar-refractivity contribution in [2.75, 3.05) is 6.61 Å². The molecule has 1 atom stereocenters. The maximum Gasteiger partial charge on any atom is 0.405 e. The van der Waals surface area contributed by atoms with Crippen LogP contribution >= 0.6 is 23.2 Å². The van der Waals surface area contributed by atoms with Crippen LogP contribution in [0.5, 0.6) is 5.75 Å². The molecule has 0 aliphatic rings. The maximum absolute atomic E-state index is 12.4. The Kier molecular flexibility index (Phi) is 5.24. The van der Waals surface area contributed by atoms with Crippen molar-refractivity contribution in [2.45, 2.75) is 6.18 Å². The van der Waals surface area contributed by atoms with Crippen molar-refractivity contribution in [3.05, 3.63) is 32.3 Å². The predicted octanol–water partition coefficient (Wildman–Crippen LogP) is 3.54. The molecule has 1 aromatic rings. The molecule has 1 aromatic carbocycles. The molecule has 1 N–H and O–H groups in total. The smallest absolute Gasteiger partial charge is 0.405 e. The van der Waals surface area contributed by atoms with Crippen LogP contribution in [0.1, 0.15) is 0 Å². The average Bonchev–Trinajstić information content (AvgIpc) is 2.29. The lowest BCUT2D eigenvalue weighted by Gasteiger charge is -2.17. The minimum atomic E-state index is -5.02. The molecule has 0 radical (unpaired) electrons. The Labute approximate surface area is 125 Å². The van der Waals surface area contributed by atoms with Gasteiger partial charge in [-0.25, -0.2) is 0 Å². The van der Waals surface area contributed by atoms with Gasteiger partial charge in [-0.3, -0.25) is 14.9 Å². The topological polar surface area (TPSA) is 89.7 Å². The van der Waals surface area contributed by atoms with E-state index in [-0.39, 0.29) is 0 Å². The Morgan fingerprint density at radius 3 is 2.19 bits per heavy atom. The molecule has 6 nitrogen and oxygen atoms in total. The Morgan fingerprint density at radius 2 is 1.86 bits per heavy atom. The number of non-ortho nitro benzene ring substituents is 1. The number of nitro benzene ring substituents is 1. The van der Waals surface area contributed by atoms with E-state index in [0.717, 1.165) is 12.1 Å². The Balaban J connectivity index is 2.99. The average molecular weight is 348 g/mol. The summed E-state index contributed by atoms with van der Waals surface area (Å²) in [6, 6.07) is 1.65. The maximum atomic E-state index is 12.4. The molecule has 1 unspecified atom stereocenters. The predicted molar refractivity (Wildman–Crippen MR) is 65.8 cm³/mol. The lowest BCUT2D eigenvalue weighted by atomic mass is 10.1. The first-order valence-corrected chi connectivity index (χ1v) is 5.85. The number of nitro groups is 1. The number of carboxylic acids is 1. The number of ether oxygens (including phenoxy) is 1. The van der Waals surface area contributed by atoms with Crippen molar-refractivity contribution in [1.82, 2.24) is 0 Å². The summed E-state index contributed by atoms with van der Waals surface area (Å²) in [5.41, 5.74) is -0.483. The number of benzene rings is 1. The van der Waals surface area contributed by atoms with Gasteiger partial charge in [0, 0.05) is 12.1 Å². The number of halogens is 5. The van der Waals surface area contributed by atoms with Gasteiger partial charge in [0.25, 0.3) is 5.69 Å². The zero-order valence-electron chi connectivity index (χ0n) is 9.86. The molecule has 0 aliphatic heterocycles. The van der Waals surface area contributed by atoms with Gasteiger partial charge < -0.3 is 9.84 Å². The van der Waals surface area contributed by atoms with E-state index in [1.54, 1.807) is 0 Å². The van der Waals surface area contributed by atoms with Gasteiger partial charge in [0.2, 0.25) is 0 Å². The highest BCUT2D eigenvalue weighted by atomic mass is 35.5. The molecular formula is C10H6Cl2F3NO5. The third-order valence-electron chi connectivity index (χ3n) is 2.28. The van der Waals surface area contributed by atoms with E-state index in [1.165, 1.54) is 0 Å². The molecule has 0 fully saturated rings. The largest absolute Gasteiger partial charge is 0.489 e. The summed E-state index contributed by atoms with van der Waals surface area (Å²) < 4.78 is 42.0. The van der Waals surface area contributed by atoms with Crippen LogP contribution in [0.15, 0.2) is 12.1 Å². The van der Waals surface area contributed by atoms with Crippen LogP contribution in [0.25, 0.3) is 0 Å². The zero-order valence-corrected chi connectivity index (χ0v) is 11.4. The van der Waals surface area contributed by atoms with Gasteiger partial charge in [-0.2, -0.15) is 13.2 Å². The zero-order chi connectivity index (χ0) is 16.4. The molecule has 0 spiro atoms. The van der Waals surface area contributed by atoms with Gasteiger partial charge in [0.1, 0.15) is 6.61 Å². The highest BCUT2D eigenvalue weighted by Gasteiger charge is 2.46. The van der Waals surface area contributed by atoms with E-state index in [1.807, 2.05) is 0 Å². The third-order valence-corrected chi connectivity index (χ3v) is 2.84. The Hall–Kier alpha value is -1.74. The fourth-order valence-corrected chi connectivity index (χ4v) is 1.85. The van der Waals surface area contributed by atoms with E-state index in [0.29, 0.717) is 0 Å². The van der Waals surface area contributed by atoms with Crippen LogP contribution in [0.4, 0.5) is 18.9 Å². The minimum absolute atomic E-state index is 0.402. The molecule has 0 heterocycles. The first-order chi connectivity index (χ1) is 9.54. The summed E-state index contributed by atoms with van der Waals surface area (Å²) >= 11 is 11.2. The Bertz CT molecular complexity index is 555. The first-order valence-electron chi connectivity index (χ1n) is 5.09. The fraction of sp³-hybridized carbons (Fsp3) is 0.300. The van der Waals surface area contributed by atoms with Crippen molar-refractivity contribution < 1.29 is 32.7 Å². The summed E-state index contributed by atoms with van der Waals surface area (Å²) in [6.07, 6.45) is -5.02. The molecule has 0 aliphatic carbocycles. The summed E-state index contributed by atoms with van der Waals surface area (Å²) in [4.78, 5) is 20.2. The normalized spacial score (nSPS) is 12.8. The molecule has 1 rings (SSSR count). The molecule has 0 aromatic heterocycles. The van der Waals surface area contributed by atoms with Crippen molar-refractivity contribution in [1.29, 1.82) is 0 Å². The van der Waals surface area contributed by atoms with Crippen molar-refractivity contribution in [3.63, 3.8) is 0 Å². The van der Waals surface area contributed by atoms with Crippen LogP contribution in [0, 0.1) is 16.0 Å². The number of alkyl halides is 3. The second kappa shape index (κ2) is 6.35. The molecule has 11 heteroatoms. The number of rotatable bonds is 5. The summed E-state index contributed by atoms with van der Waals surface area (Å²) in [7, 11) is 0. The van der Waals surface area contributed by atoms with Gasteiger partial charge in [-0.15, -0.1) is 0 Å². The molecule has 0 amide bonds. The third kappa shape index (κ3) is 4.36. The standard InChI is InChI=1S/C10H6Cl2F3NO5/c11-6-1-4(16(19)20)2-7(12)8(6)21-3-5(9(17)18)10(13,14)15/h1-2,5H,3H2,(H,17,18). The first kappa shape index (κ1) is 17.3. The summed E-state index contributed by atoms with van der Waals surface area (Å²) in [5.74, 6) is -5.36. The number of hydrogen-bond donors (Lipinski definition) is 1. The number of carboxylic acid groups (broad SMARTS) is 1. The molecule has 0 bridgehead atoms. The van der Waals surface area contributed by atoms with E-state index < -0.39 is 51.1 Å². The molecule has 116 valence electrons. The van der Waals surface area contributed by atoms with Crippen molar-refractivity contribution in [3.8, 4) is 5.75 Å². The molecular weight excluding hydrogens is 342 g/mol. The summed E-state index contributed by atoms with van der Waals surface area (Å²) in [5, 5.41) is 18.2. The van der Waals surface area contributed by atoms with Gasteiger partial charge in [0.15, 0.2) is 11.7 Å². The highest BCUT2D eigenvalue weighted by Crippen LogP contribution is 2.37. The van der Waals surface area contributed by atoms with E-state index >= 15 is 0 Å². The van der Waals surface area contributed by atoms with E-state index in [2.05, 4.69) is 4.74 Å². The van der Waals surface area contributed by atoms with Crippen LogP contribution in [0.3, 0.4) is 0 Å². The second-order valence-corrected chi connectivity index (χ2v) is 4.55. The molecule has 21 heavy (non-hydrogen) atoms. The van der Waals surface area contributed by atoms with E-state index in [4.69, 9.17) is 28.3 Å². The quantitative estimate of drug-likeness (QED) is 0.649. The lowest BCUT2D eigenvalue weighted by Crippen LogP contribution is -2.35. The summed E-state index contributed by atoms with van der Waals surface area (Å²) in [6.45, 7) is -1.27. The van der Waals surface area contributed by atoms with E-state index in [9.17, 15) is 28.1 Å². The lowest BCUT2D eigenvalue weighted by molar-refractivity contribution is -0.384. The second-order valence-electron chi connectivity index (χ2n) is 3.74. The number of nitrogens with zero attached hydrogens (tertiary/aromatic N) is 1. The van der Waals surface area contributed by atoms with Crippen LogP contribution in [-0.2, 0) is 4.79 Å². The number of hydrogen-bond acceptors (Lipinski definition) is 4. The highest BCUT2D eigenvalue weighted by molar-refractivity contribution is 6.37.